The van der Waals surface area contributed by atoms with Crippen molar-refractivity contribution in [2.75, 3.05) is 0 Å². The Balaban J connectivity index is 3.02. The van der Waals surface area contributed by atoms with Gasteiger partial charge in [0.2, 0.25) is 0 Å². The number of hydrogen-bond donors (Lipinski definition) is 0. The second-order valence-electron chi connectivity index (χ2n) is 0.473. The quantitative estimate of drug-likeness (QED) is 0.206. The summed E-state index contributed by atoms with van der Waals surface area (Å²) in [5.74, 6) is 0. The molecule has 0 aliphatic heterocycles. The molecule has 0 aliphatic carbocycles. The fourth-order valence-corrected chi connectivity index (χ4v) is 0.0471. The van der Waals surface area contributed by atoms with E-state index in [0.717, 1.165) is 6.26 Å². The molecule has 0 saturated carbocycles. The van der Waals surface area contributed by atoms with E-state index >= 15 is 0 Å². The number of hydrogen-bond acceptors (Lipinski definition) is 5. The van der Waals surface area contributed by atoms with Crippen molar-refractivity contribution in [1.29, 1.82) is 5.26 Å². The van der Waals surface area contributed by atoms with Crippen LogP contribution in [0, 0.1) is 21.6 Å². The lowest BCUT2D eigenvalue weighted by Crippen LogP contribution is -1.96. The zero-order valence-corrected chi connectivity index (χ0v) is 3.03. The molecule has 0 aromatic heterocycles. The van der Waals surface area contributed by atoms with Gasteiger partial charge in [-0.1, -0.05) is 4.99 Å². The maximum absolute atomic E-state index is 9.07. The van der Waals surface area contributed by atoms with Crippen molar-refractivity contribution in [2.45, 2.75) is 0 Å². The molecule has 6 nitrogen and oxygen atoms in total. The third-order valence-electron chi connectivity index (χ3n) is 0.135. The van der Waals surface area contributed by atoms with Gasteiger partial charge in [-0.05, 0) is 0 Å². The summed E-state index contributed by atoms with van der Waals surface area (Å²) in [7, 11) is 0. The molecule has 0 N–H and O–H groups in total. The fraction of sp³-hybridized carbons (Fsp3) is 0. The molecule has 0 atom stereocenters. The molecule has 0 radical (unpaired) electrons. The summed E-state index contributed by atoms with van der Waals surface area (Å²) >= 11 is 0. The van der Waals surface area contributed by atoms with Crippen molar-refractivity contribution in [3.63, 3.8) is 0 Å². The van der Waals surface area contributed by atoms with Crippen LogP contribution in [0.3, 0.4) is 0 Å². The van der Waals surface area contributed by atoms with Gasteiger partial charge >= 0.3 is 11.3 Å². The van der Waals surface area contributed by atoms with Crippen LogP contribution in [-0.4, -0.2) is 5.09 Å². The summed E-state index contributed by atoms with van der Waals surface area (Å²) in [5, 5.41) is 15.2. The SMILES string of the molecule is N#COO[N+](=O)[O-]. The van der Waals surface area contributed by atoms with Crippen LogP contribution in [0.25, 0.3) is 0 Å². The lowest BCUT2D eigenvalue weighted by molar-refractivity contribution is -0.841. The van der Waals surface area contributed by atoms with Crippen molar-refractivity contribution in [3.8, 4) is 6.26 Å². The van der Waals surface area contributed by atoms with Gasteiger partial charge in [-0.15, -0.1) is 15.4 Å². The van der Waals surface area contributed by atoms with Crippen LogP contribution >= 0.6 is 0 Å². The minimum absolute atomic E-state index is 0.935. The van der Waals surface area contributed by atoms with Crippen molar-refractivity contribution in [1.82, 2.24) is 0 Å². The smallest absolute Gasteiger partial charge is 0.216 e. The van der Waals surface area contributed by atoms with Crippen molar-refractivity contribution >= 4 is 0 Å². The normalized spacial score (nSPS) is 6.14. The summed E-state index contributed by atoms with van der Waals surface area (Å²) in [6.07, 6.45) is 0.935. The molecule has 0 heterocycles. The highest BCUT2D eigenvalue weighted by molar-refractivity contribution is 4.36. The number of rotatable bonds is 2. The van der Waals surface area contributed by atoms with Crippen LogP contribution in [0.2, 0.25) is 0 Å². The third kappa shape index (κ3) is 4.49. The Morgan fingerprint density at radius 1 is 1.86 bits per heavy atom. The highest BCUT2D eigenvalue weighted by Gasteiger charge is 1.89. The second kappa shape index (κ2) is 2.71. The standard InChI is InChI=1S/CN2O4/c2-1-6-7-3(4)5. The summed E-state index contributed by atoms with van der Waals surface area (Å²) in [6.45, 7) is 0. The first-order chi connectivity index (χ1) is 3.27. The van der Waals surface area contributed by atoms with E-state index in [0.29, 0.717) is 0 Å². The molecule has 0 fully saturated rings. The maximum atomic E-state index is 9.07. The summed E-state index contributed by atoms with van der Waals surface area (Å²) in [4.78, 5) is 15.3. The van der Waals surface area contributed by atoms with E-state index in [1.165, 1.54) is 0 Å². The fourth-order valence-electron chi connectivity index (χ4n) is 0.0471. The molecular formula is CN2O4. The molecule has 0 bridgehead atoms. The van der Waals surface area contributed by atoms with Crippen LogP contribution < -0.4 is 0 Å². The van der Waals surface area contributed by atoms with E-state index in [-0.39, 0.29) is 0 Å². The molecule has 0 aromatic carbocycles. The predicted octanol–water partition coefficient (Wildman–Crippen LogP) is -0.393. The molecule has 38 valence electrons. The lowest BCUT2D eigenvalue weighted by Gasteiger charge is -1.81. The molecule has 0 saturated heterocycles. The zero-order valence-electron chi connectivity index (χ0n) is 3.03. The first-order valence-corrected chi connectivity index (χ1v) is 1.14. The summed E-state index contributed by atoms with van der Waals surface area (Å²) in [5.41, 5.74) is 0. The Morgan fingerprint density at radius 3 is 2.57 bits per heavy atom. The molecule has 0 rings (SSSR count). The third-order valence-corrected chi connectivity index (χ3v) is 0.135. The molecular weight excluding hydrogens is 104 g/mol. The molecule has 0 amide bonds. The van der Waals surface area contributed by atoms with Crippen LogP contribution in [0.15, 0.2) is 0 Å². The predicted molar refractivity (Wildman–Crippen MR) is 14.8 cm³/mol. The average molecular weight is 104 g/mol. The van der Waals surface area contributed by atoms with Crippen LogP contribution in [0.1, 0.15) is 0 Å². The molecule has 0 aliphatic rings. The minimum atomic E-state index is -1.23. The van der Waals surface area contributed by atoms with Crippen molar-refractivity contribution in [2.24, 2.45) is 0 Å². The van der Waals surface area contributed by atoms with E-state index in [1.807, 2.05) is 0 Å². The number of nitrogens with zero attached hydrogens (tertiary/aromatic N) is 2. The van der Waals surface area contributed by atoms with Gasteiger partial charge in [-0.3, -0.25) is 0 Å². The van der Waals surface area contributed by atoms with Crippen LogP contribution in [0.5, 0.6) is 0 Å². The second-order valence-corrected chi connectivity index (χ2v) is 0.473. The average Bonchev–Trinajstić information content (AvgIpc) is 1.61. The molecule has 0 unspecified atom stereocenters. The van der Waals surface area contributed by atoms with Gasteiger partial charge in [0.05, 0.1) is 0 Å². The lowest BCUT2D eigenvalue weighted by atomic mass is 11.6. The summed E-state index contributed by atoms with van der Waals surface area (Å²) in [6, 6.07) is 0. The molecule has 0 aromatic rings. The van der Waals surface area contributed by atoms with Gasteiger partial charge in [0.15, 0.2) is 0 Å². The van der Waals surface area contributed by atoms with Gasteiger partial charge in [-0.25, -0.2) is 4.89 Å². The van der Waals surface area contributed by atoms with Gasteiger partial charge in [-0.2, -0.15) is 0 Å². The highest BCUT2D eigenvalue weighted by Crippen LogP contribution is 1.71. The number of nitriles is 1. The van der Waals surface area contributed by atoms with Crippen LogP contribution in [0.4, 0.5) is 0 Å². The summed E-state index contributed by atoms with van der Waals surface area (Å²) < 4.78 is 0. The largest absolute Gasteiger partial charge is 0.332 e. The molecule has 7 heavy (non-hydrogen) atoms. The monoisotopic (exact) mass is 104 g/mol. The van der Waals surface area contributed by atoms with E-state index in [9.17, 15) is 0 Å². The zero-order chi connectivity index (χ0) is 5.70. The Hall–Kier alpha value is -1.51. The van der Waals surface area contributed by atoms with E-state index in [2.05, 4.69) is 9.88 Å². The Bertz CT molecular complexity index is 103. The van der Waals surface area contributed by atoms with Crippen molar-refractivity contribution in [3.05, 3.63) is 10.1 Å². The molecule has 6 heteroatoms. The van der Waals surface area contributed by atoms with E-state index in [1.54, 1.807) is 0 Å². The van der Waals surface area contributed by atoms with Gasteiger partial charge < -0.3 is 0 Å². The minimum Gasteiger partial charge on any atom is -0.216 e. The van der Waals surface area contributed by atoms with Crippen LogP contribution in [-0.2, 0) is 9.88 Å². The maximum Gasteiger partial charge on any atom is 0.332 e. The highest BCUT2D eigenvalue weighted by atomic mass is 17.3. The van der Waals surface area contributed by atoms with E-state index < -0.39 is 5.09 Å². The first-order valence-electron chi connectivity index (χ1n) is 1.14. The Morgan fingerprint density at radius 2 is 2.43 bits per heavy atom. The first kappa shape index (κ1) is 5.49. The topological polar surface area (TPSA) is 85.4 Å². The van der Waals surface area contributed by atoms with Gasteiger partial charge in [0.25, 0.3) is 0 Å². The van der Waals surface area contributed by atoms with Crippen molar-refractivity contribution < 1.29 is 15.0 Å². The Kier molecular flexibility index (Phi) is 2.13. The Labute approximate surface area is 37.9 Å². The van der Waals surface area contributed by atoms with Gasteiger partial charge in [0, 0.05) is 0 Å². The molecule has 0 spiro atoms. The van der Waals surface area contributed by atoms with E-state index in [4.69, 9.17) is 15.4 Å². The van der Waals surface area contributed by atoms with Gasteiger partial charge in [0.1, 0.15) is 0 Å².